The van der Waals surface area contributed by atoms with Crippen LogP contribution in [0.5, 0.6) is 0 Å². The fourth-order valence-electron chi connectivity index (χ4n) is 2.55. The van der Waals surface area contributed by atoms with Gasteiger partial charge in [-0.3, -0.25) is 0 Å². The summed E-state index contributed by atoms with van der Waals surface area (Å²) in [6, 6.07) is 13.3. The minimum Gasteiger partial charge on any atom is -0.324 e. The molecule has 0 bridgehead atoms. The Labute approximate surface area is 113 Å². The lowest BCUT2D eigenvalue weighted by Crippen LogP contribution is -2.14. The second kappa shape index (κ2) is 5.25. The molecule has 94 valence electrons. The summed E-state index contributed by atoms with van der Waals surface area (Å²) in [5.74, 6) is 0.791. The van der Waals surface area contributed by atoms with Gasteiger partial charge in [-0.15, -0.1) is 11.3 Å². The second-order valence-electron chi connectivity index (χ2n) is 5.19. The summed E-state index contributed by atoms with van der Waals surface area (Å²) in [4.78, 5) is 1.37. The molecule has 1 unspecified atom stereocenters. The Morgan fingerprint density at radius 3 is 2.78 bits per heavy atom. The molecule has 2 N–H and O–H groups in total. The van der Waals surface area contributed by atoms with Gasteiger partial charge in [0.05, 0.1) is 0 Å². The van der Waals surface area contributed by atoms with E-state index in [1.165, 1.54) is 35.3 Å². The number of hydrogen-bond acceptors (Lipinski definition) is 2. The normalized spacial score (nSPS) is 17.4. The van der Waals surface area contributed by atoms with Crippen LogP contribution < -0.4 is 5.73 Å². The summed E-state index contributed by atoms with van der Waals surface area (Å²) in [5.41, 5.74) is 9.09. The third-order valence-electron chi connectivity index (χ3n) is 3.92. The standard InChI is InChI=1S/C16H19NS/c17-16(11-15-8-3-9-18-15)14-7-2-6-13(10-14)12-4-1-5-12/h2-3,6-10,12,16H,1,4-5,11,17H2. The Hall–Kier alpha value is -1.12. The van der Waals surface area contributed by atoms with Crippen LogP contribution in [-0.2, 0) is 6.42 Å². The van der Waals surface area contributed by atoms with E-state index in [2.05, 4.69) is 41.8 Å². The number of nitrogens with two attached hydrogens (primary N) is 1. The summed E-state index contributed by atoms with van der Waals surface area (Å²) in [6.07, 6.45) is 5.04. The topological polar surface area (TPSA) is 26.0 Å². The highest BCUT2D eigenvalue weighted by atomic mass is 32.1. The second-order valence-corrected chi connectivity index (χ2v) is 6.22. The highest BCUT2D eigenvalue weighted by Crippen LogP contribution is 2.37. The molecule has 1 aliphatic carbocycles. The van der Waals surface area contributed by atoms with Crippen LogP contribution in [0.4, 0.5) is 0 Å². The predicted molar refractivity (Wildman–Crippen MR) is 78.0 cm³/mol. The van der Waals surface area contributed by atoms with Crippen LogP contribution in [0.1, 0.15) is 47.2 Å². The average molecular weight is 257 g/mol. The number of benzene rings is 1. The molecule has 18 heavy (non-hydrogen) atoms. The largest absolute Gasteiger partial charge is 0.324 e. The smallest absolute Gasteiger partial charge is 0.0343 e. The van der Waals surface area contributed by atoms with E-state index in [1.807, 2.05) is 0 Å². The lowest BCUT2D eigenvalue weighted by molar-refractivity contribution is 0.419. The third-order valence-corrected chi connectivity index (χ3v) is 4.82. The summed E-state index contributed by atoms with van der Waals surface area (Å²) >= 11 is 1.79. The van der Waals surface area contributed by atoms with Gasteiger partial charge in [-0.05, 0) is 41.3 Å². The van der Waals surface area contributed by atoms with E-state index in [1.54, 1.807) is 11.3 Å². The summed E-state index contributed by atoms with van der Waals surface area (Å²) < 4.78 is 0. The summed E-state index contributed by atoms with van der Waals surface area (Å²) in [7, 11) is 0. The monoisotopic (exact) mass is 257 g/mol. The number of hydrogen-bond donors (Lipinski definition) is 1. The van der Waals surface area contributed by atoms with E-state index < -0.39 is 0 Å². The molecule has 2 aromatic rings. The quantitative estimate of drug-likeness (QED) is 0.870. The molecule has 0 saturated heterocycles. The summed E-state index contributed by atoms with van der Waals surface area (Å²) in [6.45, 7) is 0. The van der Waals surface area contributed by atoms with Gasteiger partial charge in [0.15, 0.2) is 0 Å². The SMILES string of the molecule is NC(Cc1cccs1)c1cccc(C2CCC2)c1. The number of thiophene rings is 1. The molecule has 3 rings (SSSR count). The van der Waals surface area contributed by atoms with Gasteiger partial charge in [-0.1, -0.05) is 36.8 Å². The lowest BCUT2D eigenvalue weighted by atomic mass is 9.79. The molecule has 1 fully saturated rings. The van der Waals surface area contributed by atoms with Crippen LogP contribution in [0.15, 0.2) is 41.8 Å². The van der Waals surface area contributed by atoms with Crippen LogP contribution in [0.3, 0.4) is 0 Å². The van der Waals surface area contributed by atoms with Crippen molar-refractivity contribution in [3.63, 3.8) is 0 Å². The van der Waals surface area contributed by atoms with Gasteiger partial charge in [-0.25, -0.2) is 0 Å². The first-order valence-corrected chi connectivity index (χ1v) is 7.59. The minimum atomic E-state index is 0.128. The maximum atomic E-state index is 6.32. The van der Waals surface area contributed by atoms with Gasteiger partial charge in [0.25, 0.3) is 0 Å². The van der Waals surface area contributed by atoms with E-state index >= 15 is 0 Å². The third kappa shape index (κ3) is 2.50. The Morgan fingerprint density at radius 1 is 1.22 bits per heavy atom. The molecule has 1 heterocycles. The van der Waals surface area contributed by atoms with Crippen molar-refractivity contribution < 1.29 is 0 Å². The molecule has 0 amide bonds. The van der Waals surface area contributed by atoms with Gasteiger partial charge < -0.3 is 5.73 Å². The maximum absolute atomic E-state index is 6.32. The Morgan fingerprint density at radius 2 is 2.11 bits per heavy atom. The fraction of sp³-hybridized carbons (Fsp3) is 0.375. The van der Waals surface area contributed by atoms with E-state index in [-0.39, 0.29) is 6.04 Å². The average Bonchev–Trinajstić information content (AvgIpc) is 2.80. The zero-order valence-electron chi connectivity index (χ0n) is 10.5. The zero-order chi connectivity index (χ0) is 12.4. The molecule has 1 aromatic heterocycles. The van der Waals surface area contributed by atoms with Crippen molar-refractivity contribution >= 4 is 11.3 Å². The van der Waals surface area contributed by atoms with E-state index in [9.17, 15) is 0 Å². The molecule has 1 saturated carbocycles. The maximum Gasteiger partial charge on any atom is 0.0343 e. The first-order valence-electron chi connectivity index (χ1n) is 6.71. The van der Waals surface area contributed by atoms with E-state index in [0.717, 1.165) is 12.3 Å². The van der Waals surface area contributed by atoms with Gasteiger partial charge >= 0.3 is 0 Å². The first-order chi connectivity index (χ1) is 8.83. The molecule has 0 radical (unpaired) electrons. The molecule has 1 aliphatic rings. The van der Waals surface area contributed by atoms with Gasteiger partial charge in [-0.2, -0.15) is 0 Å². The van der Waals surface area contributed by atoms with Crippen LogP contribution in [0.25, 0.3) is 0 Å². The van der Waals surface area contributed by atoms with Crippen molar-refractivity contribution in [1.29, 1.82) is 0 Å². The lowest BCUT2D eigenvalue weighted by Gasteiger charge is -2.26. The van der Waals surface area contributed by atoms with Crippen molar-refractivity contribution in [2.24, 2.45) is 5.73 Å². The van der Waals surface area contributed by atoms with Gasteiger partial charge in [0.1, 0.15) is 0 Å². The molecular weight excluding hydrogens is 238 g/mol. The molecule has 1 aromatic carbocycles. The van der Waals surface area contributed by atoms with E-state index in [0.29, 0.717) is 0 Å². The molecular formula is C16H19NS. The Kier molecular flexibility index (Phi) is 3.48. The predicted octanol–water partition coefficient (Wildman–Crippen LogP) is 4.26. The van der Waals surface area contributed by atoms with Gasteiger partial charge in [0, 0.05) is 17.3 Å². The Bertz CT molecular complexity index is 500. The van der Waals surface area contributed by atoms with Crippen molar-refractivity contribution in [2.75, 3.05) is 0 Å². The summed E-state index contributed by atoms with van der Waals surface area (Å²) in [5, 5.41) is 2.12. The van der Waals surface area contributed by atoms with Crippen molar-refractivity contribution in [1.82, 2.24) is 0 Å². The molecule has 1 atom stereocenters. The molecule has 0 aliphatic heterocycles. The minimum absolute atomic E-state index is 0.128. The van der Waals surface area contributed by atoms with Crippen LogP contribution >= 0.6 is 11.3 Å². The highest BCUT2D eigenvalue weighted by Gasteiger charge is 2.20. The van der Waals surface area contributed by atoms with Crippen molar-refractivity contribution in [2.45, 2.75) is 37.6 Å². The van der Waals surface area contributed by atoms with Gasteiger partial charge in [0.2, 0.25) is 0 Å². The van der Waals surface area contributed by atoms with Crippen LogP contribution in [-0.4, -0.2) is 0 Å². The van der Waals surface area contributed by atoms with Crippen LogP contribution in [0.2, 0.25) is 0 Å². The Balaban J connectivity index is 1.74. The highest BCUT2D eigenvalue weighted by molar-refractivity contribution is 7.09. The van der Waals surface area contributed by atoms with Crippen molar-refractivity contribution in [3.8, 4) is 0 Å². The molecule has 1 nitrogen and oxygen atoms in total. The van der Waals surface area contributed by atoms with Crippen LogP contribution in [0, 0.1) is 0 Å². The molecule has 0 spiro atoms. The zero-order valence-corrected chi connectivity index (χ0v) is 11.3. The molecule has 2 heteroatoms. The fourth-order valence-corrected chi connectivity index (χ4v) is 3.31. The van der Waals surface area contributed by atoms with Crippen molar-refractivity contribution in [3.05, 3.63) is 57.8 Å². The first kappa shape index (κ1) is 11.9. The van der Waals surface area contributed by atoms with E-state index in [4.69, 9.17) is 5.73 Å². The number of rotatable bonds is 4.